The van der Waals surface area contributed by atoms with Crippen LogP contribution in [0.1, 0.15) is 27.4 Å². The van der Waals surface area contributed by atoms with Gasteiger partial charge in [0.1, 0.15) is 17.1 Å². The maximum Gasteiger partial charge on any atom is 0.274 e. The molecule has 0 aliphatic heterocycles. The number of hydrogen-bond acceptors (Lipinski definition) is 3. The zero-order valence-electron chi connectivity index (χ0n) is 14.5. The number of carbonyl (C=O) groups is 1. The Balaban J connectivity index is 1.65. The predicted octanol–water partition coefficient (Wildman–Crippen LogP) is 4.08. The van der Waals surface area contributed by atoms with Crippen molar-refractivity contribution in [3.63, 3.8) is 0 Å². The van der Waals surface area contributed by atoms with Crippen LogP contribution in [0.2, 0.25) is 0 Å². The summed E-state index contributed by atoms with van der Waals surface area (Å²) >= 11 is 0. The van der Waals surface area contributed by atoms with E-state index in [1.54, 1.807) is 17.4 Å². The lowest BCUT2D eigenvalue weighted by atomic mass is 10.2. The lowest BCUT2D eigenvalue weighted by Crippen LogP contribution is -2.30. The summed E-state index contributed by atoms with van der Waals surface area (Å²) in [6, 6.07) is 17.6. The zero-order chi connectivity index (χ0) is 17.9. The number of carbonyl (C=O) groups excluding carboxylic acids is 1. The van der Waals surface area contributed by atoms with Gasteiger partial charge in [-0.15, -0.1) is 0 Å². The molecule has 1 aromatic carbocycles. The van der Waals surface area contributed by atoms with Gasteiger partial charge in [0.25, 0.3) is 5.91 Å². The van der Waals surface area contributed by atoms with Gasteiger partial charge < -0.3 is 13.7 Å². The van der Waals surface area contributed by atoms with Crippen LogP contribution in [0.4, 0.5) is 0 Å². The smallest absolute Gasteiger partial charge is 0.274 e. The van der Waals surface area contributed by atoms with Gasteiger partial charge in [-0.2, -0.15) is 0 Å². The first-order valence-corrected chi connectivity index (χ1v) is 8.50. The highest BCUT2D eigenvalue weighted by molar-refractivity contribution is 5.92. The number of aromatic nitrogens is 2. The van der Waals surface area contributed by atoms with Crippen molar-refractivity contribution in [1.29, 1.82) is 0 Å². The Hall–Kier alpha value is -3.34. The number of benzene rings is 1. The summed E-state index contributed by atoms with van der Waals surface area (Å²) in [7, 11) is 0. The molecule has 4 rings (SSSR count). The van der Waals surface area contributed by atoms with Crippen molar-refractivity contribution in [1.82, 2.24) is 14.3 Å². The number of pyridine rings is 1. The second kappa shape index (κ2) is 6.88. The Kier molecular flexibility index (Phi) is 4.27. The zero-order valence-corrected chi connectivity index (χ0v) is 14.5. The molecular formula is C21H19N3O2. The highest BCUT2D eigenvalue weighted by Gasteiger charge is 2.20. The van der Waals surface area contributed by atoms with E-state index in [0.29, 0.717) is 18.8 Å². The van der Waals surface area contributed by atoms with E-state index < -0.39 is 0 Å². The molecule has 5 heteroatoms. The van der Waals surface area contributed by atoms with Gasteiger partial charge >= 0.3 is 0 Å². The molecule has 0 N–H and O–H groups in total. The highest BCUT2D eigenvalue weighted by Crippen LogP contribution is 2.15. The normalized spacial score (nSPS) is 11.0. The predicted molar refractivity (Wildman–Crippen MR) is 98.7 cm³/mol. The summed E-state index contributed by atoms with van der Waals surface area (Å²) in [5.41, 5.74) is 3.37. The molecule has 0 radical (unpaired) electrons. The lowest BCUT2D eigenvalue weighted by Gasteiger charge is -2.20. The Morgan fingerprint density at radius 1 is 1.12 bits per heavy atom. The minimum absolute atomic E-state index is 0.119. The largest absolute Gasteiger partial charge is 0.467 e. The van der Waals surface area contributed by atoms with Gasteiger partial charge in [0.15, 0.2) is 0 Å². The van der Waals surface area contributed by atoms with Gasteiger partial charge in [-0.25, -0.2) is 4.98 Å². The van der Waals surface area contributed by atoms with Crippen LogP contribution in [0.3, 0.4) is 0 Å². The van der Waals surface area contributed by atoms with Crippen LogP contribution in [0.15, 0.2) is 77.7 Å². The molecule has 3 heterocycles. The lowest BCUT2D eigenvalue weighted by molar-refractivity contribution is 0.0712. The summed E-state index contributed by atoms with van der Waals surface area (Å²) in [5.74, 6) is 0.625. The fourth-order valence-electron chi connectivity index (χ4n) is 2.94. The first-order valence-electron chi connectivity index (χ1n) is 8.50. The fourth-order valence-corrected chi connectivity index (χ4v) is 2.94. The quantitative estimate of drug-likeness (QED) is 0.548. The summed E-state index contributed by atoms with van der Waals surface area (Å²) in [5, 5.41) is 0. The van der Waals surface area contributed by atoms with Crippen LogP contribution in [0.5, 0.6) is 0 Å². The number of nitrogens with zero attached hydrogens (tertiary/aromatic N) is 3. The third kappa shape index (κ3) is 3.37. The summed E-state index contributed by atoms with van der Waals surface area (Å²) in [4.78, 5) is 19.4. The molecule has 0 atom stereocenters. The Bertz CT molecular complexity index is 1020. The minimum Gasteiger partial charge on any atom is -0.467 e. The molecule has 4 aromatic rings. The van der Waals surface area contributed by atoms with Crippen molar-refractivity contribution < 1.29 is 9.21 Å². The number of amides is 1. The molecule has 0 unspecified atom stereocenters. The van der Waals surface area contributed by atoms with Crippen molar-refractivity contribution in [3.8, 4) is 0 Å². The molecule has 0 bridgehead atoms. The maximum atomic E-state index is 13.1. The first kappa shape index (κ1) is 16.1. The topological polar surface area (TPSA) is 50.8 Å². The van der Waals surface area contributed by atoms with E-state index in [-0.39, 0.29) is 5.91 Å². The number of furan rings is 1. The maximum absolute atomic E-state index is 13.1. The third-order valence-corrected chi connectivity index (χ3v) is 4.27. The number of aryl methyl sites for hydroxylation is 1. The molecule has 26 heavy (non-hydrogen) atoms. The van der Waals surface area contributed by atoms with Gasteiger partial charge in [0, 0.05) is 18.9 Å². The Labute approximate surface area is 151 Å². The Morgan fingerprint density at radius 2 is 1.96 bits per heavy atom. The van der Waals surface area contributed by atoms with Crippen molar-refractivity contribution in [2.24, 2.45) is 0 Å². The van der Waals surface area contributed by atoms with Crippen molar-refractivity contribution >= 4 is 11.6 Å². The molecule has 0 aliphatic rings. The summed E-state index contributed by atoms with van der Waals surface area (Å²) < 4.78 is 7.31. The van der Waals surface area contributed by atoms with Crippen LogP contribution in [0, 0.1) is 6.92 Å². The van der Waals surface area contributed by atoms with Crippen LogP contribution < -0.4 is 0 Å². The van der Waals surface area contributed by atoms with Crippen LogP contribution in [-0.4, -0.2) is 20.2 Å². The van der Waals surface area contributed by atoms with E-state index >= 15 is 0 Å². The van der Waals surface area contributed by atoms with Gasteiger partial charge in [0.2, 0.25) is 0 Å². The monoisotopic (exact) mass is 345 g/mol. The average molecular weight is 345 g/mol. The van der Waals surface area contributed by atoms with Gasteiger partial charge in [0.05, 0.1) is 12.8 Å². The standard InChI is InChI=1S/C21H19N3O2/c1-16-9-10-23-15-19(22-20(23)12-16)21(25)24(14-18-8-5-11-26-18)13-17-6-3-2-4-7-17/h2-12,15H,13-14H2,1H3. The van der Waals surface area contributed by atoms with E-state index in [2.05, 4.69) is 4.98 Å². The molecule has 0 spiro atoms. The molecule has 130 valence electrons. The molecular weight excluding hydrogens is 326 g/mol. The molecule has 0 saturated carbocycles. The molecule has 5 nitrogen and oxygen atoms in total. The van der Waals surface area contributed by atoms with E-state index in [4.69, 9.17) is 4.42 Å². The van der Waals surface area contributed by atoms with Gasteiger partial charge in [-0.1, -0.05) is 30.3 Å². The SMILES string of the molecule is Cc1ccn2cc(C(=O)N(Cc3ccccc3)Cc3ccco3)nc2c1. The molecule has 1 amide bonds. The first-order chi connectivity index (χ1) is 12.7. The molecule has 0 aliphatic carbocycles. The average Bonchev–Trinajstić information content (AvgIpc) is 3.30. The Morgan fingerprint density at radius 3 is 2.73 bits per heavy atom. The van der Waals surface area contributed by atoms with E-state index in [1.165, 1.54) is 0 Å². The van der Waals surface area contributed by atoms with Crippen LogP contribution in [0.25, 0.3) is 5.65 Å². The van der Waals surface area contributed by atoms with Crippen molar-refractivity contribution in [2.75, 3.05) is 0 Å². The highest BCUT2D eigenvalue weighted by atomic mass is 16.3. The second-order valence-corrected chi connectivity index (χ2v) is 6.32. The van der Waals surface area contributed by atoms with Gasteiger partial charge in [-0.05, 0) is 42.3 Å². The van der Waals surface area contributed by atoms with E-state index in [9.17, 15) is 4.79 Å². The number of fused-ring (bicyclic) bond motifs is 1. The second-order valence-electron chi connectivity index (χ2n) is 6.32. The number of imidazole rings is 1. The fraction of sp³-hybridized carbons (Fsp3) is 0.143. The van der Waals surface area contributed by atoms with E-state index in [0.717, 1.165) is 22.5 Å². The van der Waals surface area contributed by atoms with Crippen molar-refractivity contribution in [3.05, 3.63) is 95.8 Å². The molecule has 0 saturated heterocycles. The van der Waals surface area contributed by atoms with E-state index in [1.807, 2.05) is 72.1 Å². The number of rotatable bonds is 5. The molecule has 0 fully saturated rings. The van der Waals surface area contributed by atoms with Crippen LogP contribution in [-0.2, 0) is 13.1 Å². The van der Waals surface area contributed by atoms with Crippen molar-refractivity contribution in [2.45, 2.75) is 20.0 Å². The van der Waals surface area contributed by atoms with Crippen LogP contribution >= 0.6 is 0 Å². The van der Waals surface area contributed by atoms with Gasteiger partial charge in [-0.3, -0.25) is 4.79 Å². The minimum atomic E-state index is -0.119. The summed E-state index contributed by atoms with van der Waals surface area (Å²) in [6.45, 7) is 2.90. The molecule has 3 aromatic heterocycles. The number of hydrogen-bond donors (Lipinski definition) is 0. The summed E-state index contributed by atoms with van der Waals surface area (Å²) in [6.07, 6.45) is 5.31. The third-order valence-electron chi connectivity index (χ3n) is 4.27.